The first kappa shape index (κ1) is 21.6. The lowest BCUT2D eigenvalue weighted by molar-refractivity contribution is -0.302. The molecule has 0 aromatic heterocycles. The molecule has 0 radical (unpaired) electrons. The van der Waals surface area contributed by atoms with E-state index in [0.717, 1.165) is 6.07 Å². The van der Waals surface area contributed by atoms with Crippen molar-refractivity contribution >= 4 is 17.5 Å². The van der Waals surface area contributed by atoms with Crippen molar-refractivity contribution in [1.82, 2.24) is 0 Å². The molecule has 160 valence electrons. The first-order valence-corrected chi connectivity index (χ1v) is 10.5. The molecule has 0 spiro atoms. The SMILES string of the molecule is CC(C)(C)C1CCC23OC(=N)C(C#N)(C2C1)C(C#N)(C#N)C(c1c(F)cccc1Cl)O3. The highest BCUT2D eigenvalue weighted by molar-refractivity contribution is 6.31. The fourth-order valence-electron chi connectivity index (χ4n) is 5.64. The van der Waals surface area contributed by atoms with Gasteiger partial charge in [0, 0.05) is 17.0 Å². The Morgan fingerprint density at radius 1 is 1.19 bits per heavy atom. The van der Waals surface area contributed by atoms with Gasteiger partial charge in [-0.2, -0.15) is 15.8 Å². The van der Waals surface area contributed by atoms with Crippen LogP contribution in [0.4, 0.5) is 4.39 Å². The quantitative estimate of drug-likeness (QED) is 0.639. The van der Waals surface area contributed by atoms with Crippen LogP contribution in [-0.2, 0) is 9.47 Å². The Balaban J connectivity index is 1.99. The zero-order valence-corrected chi connectivity index (χ0v) is 18.3. The zero-order chi connectivity index (χ0) is 22.8. The molecule has 6 nitrogen and oxygen atoms in total. The predicted octanol–water partition coefficient (Wildman–Crippen LogP) is 5.26. The van der Waals surface area contributed by atoms with Gasteiger partial charge in [0.05, 0.1) is 24.1 Å². The summed E-state index contributed by atoms with van der Waals surface area (Å²) in [6.45, 7) is 6.28. The van der Waals surface area contributed by atoms with E-state index in [0.29, 0.717) is 19.3 Å². The van der Waals surface area contributed by atoms with E-state index in [-0.39, 0.29) is 21.9 Å². The van der Waals surface area contributed by atoms with Crippen molar-refractivity contribution in [2.75, 3.05) is 0 Å². The molecule has 3 aliphatic rings. The van der Waals surface area contributed by atoms with Crippen LogP contribution in [0, 0.1) is 73.3 Å². The molecule has 1 aliphatic carbocycles. The molecule has 2 aliphatic heterocycles. The van der Waals surface area contributed by atoms with Gasteiger partial charge in [0.15, 0.2) is 5.41 Å². The fraction of sp³-hybridized carbons (Fsp3) is 0.565. The molecule has 0 amide bonds. The van der Waals surface area contributed by atoms with Crippen molar-refractivity contribution in [3.63, 3.8) is 0 Å². The van der Waals surface area contributed by atoms with Crippen molar-refractivity contribution in [1.29, 1.82) is 21.2 Å². The number of nitrogens with zero attached hydrogens (tertiary/aromatic N) is 3. The third-order valence-corrected chi connectivity index (χ3v) is 7.73. The summed E-state index contributed by atoms with van der Waals surface area (Å²) >= 11 is 6.28. The zero-order valence-electron chi connectivity index (χ0n) is 17.5. The van der Waals surface area contributed by atoms with Crippen LogP contribution in [0.5, 0.6) is 0 Å². The smallest absolute Gasteiger partial charge is 0.217 e. The number of hydrogen-bond donors (Lipinski definition) is 1. The molecule has 1 aromatic carbocycles. The molecule has 2 heterocycles. The highest BCUT2D eigenvalue weighted by Crippen LogP contribution is 2.71. The van der Waals surface area contributed by atoms with Gasteiger partial charge in [0.2, 0.25) is 17.1 Å². The normalized spacial score (nSPS) is 35.8. The van der Waals surface area contributed by atoms with Gasteiger partial charge in [0.1, 0.15) is 11.9 Å². The van der Waals surface area contributed by atoms with Crippen LogP contribution in [0.3, 0.4) is 0 Å². The number of rotatable bonds is 1. The van der Waals surface area contributed by atoms with Gasteiger partial charge in [-0.1, -0.05) is 38.4 Å². The molecule has 1 aromatic rings. The molecular formula is C23H22ClFN4O2. The summed E-state index contributed by atoms with van der Waals surface area (Å²) in [6, 6.07) is 10.0. The topological polar surface area (TPSA) is 114 Å². The van der Waals surface area contributed by atoms with Crippen LogP contribution < -0.4 is 0 Å². The van der Waals surface area contributed by atoms with E-state index in [1.807, 2.05) is 12.1 Å². The summed E-state index contributed by atoms with van der Waals surface area (Å²) in [4.78, 5) is 0. The molecule has 5 unspecified atom stereocenters. The molecule has 8 heteroatoms. The highest BCUT2D eigenvalue weighted by atomic mass is 35.5. The molecule has 5 atom stereocenters. The van der Waals surface area contributed by atoms with Crippen molar-refractivity contribution < 1.29 is 13.9 Å². The minimum Gasteiger partial charge on any atom is -0.447 e. The van der Waals surface area contributed by atoms with Gasteiger partial charge in [0.25, 0.3) is 0 Å². The minimum atomic E-state index is -2.21. The lowest BCUT2D eigenvalue weighted by Gasteiger charge is -2.54. The molecule has 1 N–H and O–H groups in total. The third kappa shape index (κ3) is 2.53. The number of ether oxygens (including phenoxy) is 2. The average molecular weight is 441 g/mol. The highest BCUT2D eigenvalue weighted by Gasteiger charge is 2.81. The summed E-state index contributed by atoms with van der Waals surface area (Å²) in [6.07, 6.45) is 0.0306. The Bertz CT molecular complexity index is 1060. The van der Waals surface area contributed by atoms with Crippen molar-refractivity contribution in [2.24, 2.45) is 28.1 Å². The van der Waals surface area contributed by atoms with Gasteiger partial charge in [-0.15, -0.1) is 0 Å². The molecular weight excluding hydrogens is 419 g/mol. The maximum Gasteiger partial charge on any atom is 0.217 e. The van der Waals surface area contributed by atoms with Crippen LogP contribution in [0.1, 0.15) is 51.7 Å². The predicted molar refractivity (Wildman–Crippen MR) is 109 cm³/mol. The largest absolute Gasteiger partial charge is 0.447 e. The minimum absolute atomic E-state index is 0.0166. The summed E-state index contributed by atoms with van der Waals surface area (Å²) < 4.78 is 27.1. The van der Waals surface area contributed by atoms with E-state index in [9.17, 15) is 20.2 Å². The Labute approximate surface area is 185 Å². The second-order valence-electron chi connectivity index (χ2n) is 9.72. The van der Waals surface area contributed by atoms with E-state index < -0.39 is 40.4 Å². The van der Waals surface area contributed by atoms with E-state index >= 15 is 0 Å². The second kappa shape index (κ2) is 6.67. The van der Waals surface area contributed by atoms with Crippen LogP contribution in [-0.4, -0.2) is 11.7 Å². The number of halogens is 2. The molecule has 2 bridgehead atoms. The van der Waals surface area contributed by atoms with E-state index in [4.69, 9.17) is 26.5 Å². The van der Waals surface area contributed by atoms with Gasteiger partial charge >= 0.3 is 0 Å². The van der Waals surface area contributed by atoms with Crippen LogP contribution in [0.2, 0.25) is 5.02 Å². The number of benzene rings is 1. The van der Waals surface area contributed by atoms with Crippen LogP contribution in [0.15, 0.2) is 18.2 Å². The summed E-state index contributed by atoms with van der Waals surface area (Å²) in [5.41, 5.74) is -4.38. The van der Waals surface area contributed by atoms with Crippen molar-refractivity contribution in [2.45, 2.75) is 51.9 Å². The third-order valence-electron chi connectivity index (χ3n) is 7.40. The standard InChI is InChI=1S/C23H22ClFN4O2/c1-20(2,3)13-7-8-23-16(9-13)22(12-28,19(29)31-23)21(10-26,11-27)18(30-23)17-14(24)5-4-6-15(17)25/h4-6,13,16,18,29H,7-9H2,1-3H3. The number of nitriles is 3. The average Bonchev–Trinajstić information content (AvgIpc) is 2.91. The Morgan fingerprint density at radius 3 is 2.42 bits per heavy atom. The maximum atomic E-state index is 14.9. The van der Waals surface area contributed by atoms with Crippen molar-refractivity contribution in [3.8, 4) is 18.2 Å². The first-order chi connectivity index (χ1) is 14.5. The van der Waals surface area contributed by atoms with E-state index in [2.05, 4.69) is 26.8 Å². The van der Waals surface area contributed by atoms with Gasteiger partial charge in [-0.05, 0) is 36.3 Å². The summed E-state index contributed by atoms with van der Waals surface area (Å²) in [5.74, 6) is -3.14. The maximum absolute atomic E-state index is 14.9. The fourth-order valence-corrected chi connectivity index (χ4v) is 5.91. The number of nitrogens with one attached hydrogen (secondary N) is 1. The monoisotopic (exact) mass is 440 g/mol. The van der Waals surface area contributed by atoms with E-state index in [1.165, 1.54) is 12.1 Å². The second-order valence-corrected chi connectivity index (χ2v) is 10.1. The Hall–Kier alpha value is -2.66. The molecule has 3 fully saturated rings. The first-order valence-electron chi connectivity index (χ1n) is 10.2. The number of hydrogen-bond acceptors (Lipinski definition) is 6. The van der Waals surface area contributed by atoms with Crippen molar-refractivity contribution in [3.05, 3.63) is 34.6 Å². The summed E-state index contributed by atoms with van der Waals surface area (Å²) in [7, 11) is 0. The molecule has 31 heavy (non-hydrogen) atoms. The lowest BCUT2D eigenvalue weighted by atomic mass is 9.49. The van der Waals surface area contributed by atoms with Gasteiger partial charge in [-0.25, -0.2) is 4.39 Å². The van der Waals surface area contributed by atoms with Crippen LogP contribution >= 0.6 is 11.6 Å². The summed E-state index contributed by atoms with van der Waals surface area (Å²) in [5, 5.41) is 39.6. The molecule has 1 saturated carbocycles. The van der Waals surface area contributed by atoms with Gasteiger partial charge < -0.3 is 9.47 Å². The molecule has 4 rings (SSSR count). The Morgan fingerprint density at radius 2 is 1.87 bits per heavy atom. The van der Waals surface area contributed by atoms with Gasteiger partial charge in [-0.3, -0.25) is 5.41 Å². The van der Waals surface area contributed by atoms with E-state index in [1.54, 1.807) is 0 Å². The molecule has 2 saturated heterocycles. The lowest BCUT2D eigenvalue weighted by Crippen LogP contribution is -2.61. The Kier molecular flexibility index (Phi) is 4.64. The van der Waals surface area contributed by atoms with Crippen LogP contribution in [0.25, 0.3) is 0 Å².